The third-order valence-electron chi connectivity index (χ3n) is 3.58. The Balaban J connectivity index is 2.23. The predicted molar refractivity (Wildman–Crippen MR) is 77.8 cm³/mol. The first-order valence-corrected chi connectivity index (χ1v) is 8.35. The maximum Gasteiger partial charge on any atom is 0.243 e. The molecule has 1 N–H and O–H groups in total. The Kier molecular flexibility index (Phi) is 4.47. The van der Waals surface area contributed by atoms with Crippen LogP contribution >= 0.6 is 0 Å². The molecule has 1 atom stereocenters. The molecule has 5 heteroatoms. The highest BCUT2D eigenvalue weighted by Crippen LogP contribution is 2.25. The fraction of sp³-hybridized carbons (Fsp3) is 0.571. The van der Waals surface area contributed by atoms with Gasteiger partial charge in [0.2, 0.25) is 10.0 Å². The van der Waals surface area contributed by atoms with Gasteiger partial charge in [0.15, 0.2) is 0 Å². The molecule has 1 aromatic carbocycles. The second-order valence-corrected chi connectivity index (χ2v) is 6.91. The quantitative estimate of drug-likeness (QED) is 0.923. The van der Waals surface area contributed by atoms with Crippen LogP contribution in [-0.2, 0) is 10.0 Å². The van der Waals surface area contributed by atoms with Crippen LogP contribution in [0.3, 0.4) is 0 Å². The average molecular weight is 282 g/mol. The van der Waals surface area contributed by atoms with Gasteiger partial charge in [0.1, 0.15) is 0 Å². The number of piperidine rings is 1. The molecule has 1 aliphatic heterocycles. The Morgan fingerprint density at radius 2 is 1.95 bits per heavy atom. The highest BCUT2D eigenvalue weighted by Gasteiger charge is 2.30. The number of hydrogen-bond donors (Lipinski definition) is 1. The average Bonchev–Trinajstić information content (AvgIpc) is 2.40. The van der Waals surface area contributed by atoms with Crippen LogP contribution in [0.4, 0.5) is 5.69 Å². The van der Waals surface area contributed by atoms with Crippen LogP contribution in [0.1, 0.15) is 33.1 Å². The number of nitrogens with one attached hydrogen (secondary N) is 1. The largest absolute Gasteiger partial charge is 0.385 e. The molecule has 0 radical (unpaired) electrons. The predicted octanol–water partition coefficient (Wildman–Crippen LogP) is 2.68. The number of nitrogens with zero attached hydrogens (tertiary/aromatic N) is 1. The van der Waals surface area contributed by atoms with Crippen molar-refractivity contribution in [1.82, 2.24) is 4.31 Å². The lowest BCUT2D eigenvalue weighted by molar-refractivity contribution is 0.268. The summed E-state index contributed by atoms with van der Waals surface area (Å²) in [7, 11) is -3.34. The van der Waals surface area contributed by atoms with Gasteiger partial charge in [0.25, 0.3) is 0 Å². The Hall–Kier alpha value is -1.07. The van der Waals surface area contributed by atoms with Gasteiger partial charge in [-0.2, -0.15) is 4.31 Å². The first-order chi connectivity index (χ1) is 9.05. The van der Waals surface area contributed by atoms with E-state index in [1.807, 2.05) is 26.0 Å². The fourth-order valence-corrected chi connectivity index (χ4v) is 4.21. The molecule has 1 aliphatic rings. The number of hydrogen-bond acceptors (Lipinski definition) is 3. The first-order valence-electron chi connectivity index (χ1n) is 6.91. The van der Waals surface area contributed by atoms with Gasteiger partial charge in [0.05, 0.1) is 4.90 Å². The van der Waals surface area contributed by atoms with Crippen molar-refractivity contribution in [2.75, 3.05) is 18.4 Å². The van der Waals surface area contributed by atoms with E-state index in [2.05, 4.69) is 5.32 Å². The zero-order valence-corrected chi connectivity index (χ0v) is 12.4. The molecule has 2 rings (SSSR count). The van der Waals surface area contributed by atoms with Gasteiger partial charge in [-0.3, -0.25) is 0 Å². The number of rotatable bonds is 4. The van der Waals surface area contributed by atoms with Gasteiger partial charge in [-0.25, -0.2) is 8.42 Å². The van der Waals surface area contributed by atoms with Crippen molar-refractivity contribution in [3.05, 3.63) is 24.3 Å². The summed E-state index contributed by atoms with van der Waals surface area (Å²) in [6.45, 7) is 5.47. The minimum atomic E-state index is -3.34. The molecule has 1 saturated heterocycles. The Labute approximate surface area is 115 Å². The second kappa shape index (κ2) is 5.92. The summed E-state index contributed by atoms with van der Waals surface area (Å²) in [5, 5.41) is 3.17. The molecule has 1 fully saturated rings. The van der Waals surface area contributed by atoms with Gasteiger partial charge in [0, 0.05) is 24.8 Å². The van der Waals surface area contributed by atoms with E-state index >= 15 is 0 Å². The lowest BCUT2D eigenvalue weighted by Gasteiger charge is -2.32. The molecule has 0 aromatic heterocycles. The van der Waals surface area contributed by atoms with E-state index in [1.54, 1.807) is 16.4 Å². The Morgan fingerprint density at radius 3 is 2.53 bits per heavy atom. The van der Waals surface area contributed by atoms with Crippen LogP contribution in [-0.4, -0.2) is 31.9 Å². The molecule has 4 nitrogen and oxygen atoms in total. The molecule has 0 unspecified atom stereocenters. The summed E-state index contributed by atoms with van der Waals surface area (Å²) < 4.78 is 26.8. The van der Waals surface area contributed by atoms with Crippen LogP contribution in [0.25, 0.3) is 0 Å². The van der Waals surface area contributed by atoms with Crippen LogP contribution < -0.4 is 5.32 Å². The van der Waals surface area contributed by atoms with E-state index in [4.69, 9.17) is 0 Å². The number of anilines is 1. The summed E-state index contributed by atoms with van der Waals surface area (Å²) in [5.74, 6) is 0. The van der Waals surface area contributed by atoms with Crippen LogP contribution in [0.5, 0.6) is 0 Å². The molecule has 0 bridgehead atoms. The summed E-state index contributed by atoms with van der Waals surface area (Å²) in [5.41, 5.74) is 0.952. The van der Waals surface area contributed by atoms with Gasteiger partial charge in [-0.05, 0) is 51.0 Å². The van der Waals surface area contributed by atoms with Crippen molar-refractivity contribution < 1.29 is 8.42 Å². The number of benzene rings is 1. The van der Waals surface area contributed by atoms with Gasteiger partial charge in [-0.15, -0.1) is 0 Å². The van der Waals surface area contributed by atoms with Crippen molar-refractivity contribution in [1.29, 1.82) is 0 Å². The zero-order chi connectivity index (χ0) is 13.9. The molecule has 0 amide bonds. The summed E-state index contributed by atoms with van der Waals surface area (Å²) in [6.07, 6.45) is 3.03. The minimum Gasteiger partial charge on any atom is -0.385 e. The fourth-order valence-electron chi connectivity index (χ4n) is 2.51. The highest BCUT2D eigenvalue weighted by atomic mass is 32.2. The molecule has 19 heavy (non-hydrogen) atoms. The zero-order valence-electron chi connectivity index (χ0n) is 11.6. The highest BCUT2D eigenvalue weighted by molar-refractivity contribution is 7.89. The molecule has 0 saturated carbocycles. The molecular formula is C14H22N2O2S. The third kappa shape index (κ3) is 3.09. The molecule has 1 aromatic rings. The van der Waals surface area contributed by atoms with Gasteiger partial charge >= 0.3 is 0 Å². The van der Waals surface area contributed by atoms with E-state index in [1.165, 1.54) is 0 Å². The van der Waals surface area contributed by atoms with Crippen molar-refractivity contribution in [2.24, 2.45) is 0 Å². The lowest BCUT2D eigenvalue weighted by Crippen LogP contribution is -2.41. The second-order valence-electron chi connectivity index (χ2n) is 5.02. The van der Waals surface area contributed by atoms with E-state index < -0.39 is 10.0 Å². The monoisotopic (exact) mass is 282 g/mol. The minimum absolute atomic E-state index is 0.104. The molecule has 1 heterocycles. The maximum absolute atomic E-state index is 12.6. The number of sulfonamides is 1. The van der Waals surface area contributed by atoms with Crippen molar-refractivity contribution in [3.8, 4) is 0 Å². The van der Waals surface area contributed by atoms with Crippen LogP contribution in [0.15, 0.2) is 29.2 Å². The lowest BCUT2D eigenvalue weighted by atomic mass is 10.1. The Morgan fingerprint density at radius 1 is 1.26 bits per heavy atom. The van der Waals surface area contributed by atoms with Gasteiger partial charge in [-0.1, -0.05) is 6.42 Å². The van der Waals surface area contributed by atoms with Crippen molar-refractivity contribution >= 4 is 15.7 Å². The van der Waals surface area contributed by atoms with E-state index in [0.717, 1.165) is 31.5 Å². The third-order valence-corrected chi connectivity index (χ3v) is 5.61. The van der Waals surface area contributed by atoms with Crippen molar-refractivity contribution in [3.63, 3.8) is 0 Å². The standard InChI is InChI=1S/C14H22N2O2S/c1-3-15-13-7-9-14(10-8-13)19(17,18)16-11-5-4-6-12(16)2/h7-10,12,15H,3-6,11H2,1-2H3/t12-/m1/s1. The molecule has 0 spiro atoms. The first kappa shape index (κ1) is 14.3. The SMILES string of the molecule is CCNc1ccc(S(=O)(=O)N2CCCC[C@H]2C)cc1. The van der Waals surface area contributed by atoms with Crippen LogP contribution in [0.2, 0.25) is 0 Å². The Bertz CT molecular complexity index is 511. The summed E-state index contributed by atoms with van der Waals surface area (Å²) in [6, 6.07) is 7.13. The molecule has 0 aliphatic carbocycles. The topological polar surface area (TPSA) is 49.4 Å². The summed E-state index contributed by atoms with van der Waals surface area (Å²) in [4.78, 5) is 0.392. The molecule has 106 valence electrons. The smallest absolute Gasteiger partial charge is 0.243 e. The van der Waals surface area contributed by atoms with Gasteiger partial charge < -0.3 is 5.32 Å². The summed E-state index contributed by atoms with van der Waals surface area (Å²) >= 11 is 0. The van der Waals surface area contributed by atoms with Crippen molar-refractivity contribution in [2.45, 2.75) is 44.0 Å². The normalized spacial score (nSPS) is 21.3. The van der Waals surface area contributed by atoms with E-state index in [9.17, 15) is 8.42 Å². The van der Waals surface area contributed by atoms with Crippen LogP contribution in [0, 0.1) is 0 Å². The van der Waals surface area contributed by atoms with E-state index in [-0.39, 0.29) is 6.04 Å². The maximum atomic E-state index is 12.6. The van der Waals surface area contributed by atoms with E-state index in [0.29, 0.717) is 11.4 Å². The molecular weight excluding hydrogens is 260 g/mol.